The van der Waals surface area contributed by atoms with Crippen molar-refractivity contribution in [1.29, 1.82) is 0 Å². The second kappa shape index (κ2) is 7.41. The molecule has 0 aliphatic heterocycles. The van der Waals surface area contributed by atoms with Crippen molar-refractivity contribution >= 4 is 12.0 Å². The molecule has 0 radical (unpaired) electrons. The molecule has 6 nitrogen and oxygen atoms in total. The van der Waals surface area contributed by atoms with Gasteiger partial charge in [0.15, 0.2) is 0 Å². The fourth-order valence-corrected chi connectivity index (χ4v) is 1.62. The Labute approximate surface area is 120 Å². The predicted octanol–water partition coefficient (Wildman–Crippen LogP) is 1.29. The average Bonchev–Trinajstić information content (AvgIpc) is 2.39. The second-order valence-electron chi connectivity index (χ2n) is 4.48. The quantitative estimate of drug-likeness (QED) is 0.738. The highest BCUT2D eigenvalue weighted by molar-refractivity contribution is 5.82. The standard InChI is InChI=1S/C13H16F2N2O4/c1-17(7-11(14)15)13(21)16-10(12(19)20)6-8-2-4-9(18)5-3-8/h2-5,10-11,18H,6-7H2,1H3,(H,16,21)(H,19,20). The van der Waals surface area contributed by atoms with Gasteiger partial charge in [0.25, 0.3) is 6.43 Å². The number of carboxylic acids is 1. The first-order chi connectivity index (χ1) is 9.79. The lowest BCUT2D eigenvalue weighted by Gasteiger charge is -2.21. The van der Waals surface area contributed by atoms with Crippen molar-refractivity contribution in [3.63, 3.8) is 0 Å². The Balaban J connectivity index is 2.67. The van der Waals surface area contributed by atoms with Gasteiger partial charge in [0, 0.05) is 13.5 Å². The highest BCUT2D eigenvalue weighted by atomic mass is 19.3. The van der Waals surface area contributed by atoms with Crippen LogP contribution in [0.3, 0.4) is 0 Å². The number of rotatable bonds is 6. The van der Waals surface area contributed by atoms with Crippen LogP contribution in [-0.4, -0.2) is 53.2 Å². The monoisotopic (exact) mass is 302 g/mol. The summed E-state index contributed by atoms with van der Waals surface area (Å²) in [5, 5.41) is 20.4. The van der Waals surface area contributed by atoms with Crippen LogP contribution < -0.4 is 5.32 Å². The molecular weight excluding hydrogens is 286 g/mol. The van der Waals surface area contributed by atoms with Crippen molar-refractivity contribution in [1.82, 2.24) is 10.2 Å². The molecule has 0 saturated carbocycles. The summed E-state index contributed by atoms with van der Waals surface area (Å²) in [6, 6.07) is 3.67. The van der Waals surface area contributed by atoms with Crippen LogP contribution in [0.2, 0.25) is 0 Å². The summed E-state index contributed by atoms with van der Waals surface area (Å²) in [7, 11) is 1.15. The van der Waals surface area contributed by atoms with Crippen molar-refractivity contribution in [3.8, 4) is 5.75 Å². The number of phenolic OH excluding ortho intramolecular Hbond substituents is 1. The van der Waals surface area contributed by atoms with Gasteiger partial charge in [0.05, 0.1) is 6.54 Å². The Morgan fingerprint density at radius 3 is 2.33 bits per heavy atom. The van der Waals surface area contributed by atoms with Crippen molar-refractivity contribution in [2.45, 2.75) is 18.9 Å². The van der Waals surface area contributed by atoms with E-state index in [0.29, 0.717) is 5.56 Å². The molecule has 1 aromatic carbocycles. The number of hydrogen-bond donors (Lipinski definition) is 3. The van der Waals surface area contributed by atoms with Gasteiger partial charge in [-0.2, -0.15) is 0 Å². The molecule has 8 heteroatoms. The first kappa shape index (κ1) is 16.7. The molecule has 0 aliphatic rings. The van der Waals surface area contributed by atoms with E-state index >= 15 is 0 Å². The largest absolute Gasteiger partial charge is 0.508 e. The fourth-order valence-electron chi connectivity index (χ4n) is 1.62. The number of alkyl halides is 2. The highest BCUT2D eigenvalue weighted by Gasteiger charge is 2.23. The van der Waals surface area contributed by atoms with Crippen LogP contribution in [0, 0.1) is 0 Å². The molecule has 0 heterocycles. The molecule has 0 aliphatic carbocycles. The van der Waals surface area contributed by atoms with E-state index in [1.54, 1.807) is 0 Å². The van der Waals surface area contributed by atoms with E-state index < -0.39 is 31.0 Å². The number of carbonyl (C=O) groups excluding carboxylic acids is 1. The number of carbonyl (C=O) groups is 2. The molecule has 0 bridgehead atoms. The molecule has 1 aromatic rings. The Kier molecular flexibility index (Phi) is 5.89. The maximum Gasteiger partial charge on any atom is 0.326 e. The molecule has 1 atom stereocenters. The SMILES string of the molecule is CN(CC(F)F)C(=O)NC(Cc1ccc(O)cc1)C(=O)O. The summed E-state index contributed by atoms with van der Waals surface area (Å²) < 4.78 is 24.3. The molecular formula is C13H16F2N2O4. The van der Waals surface area contributed by atoms with Gasteiger partial charge in [-0.25, -0.2) is 18.4 Å². The smallest absolute Gasteiger partial charge is 0.326 e. The van der Waals surface area contributed by atoms with Crippen LogP contribution >= 0.6 is 0 Å². The van der Waals surface area contributed by atoms with Gasteiger partial charge in [0.2, 0.25) is 0 Å². The van der Waals surface area contributed by atoms with Gasteiger partial charge in [-0.05, 0) is 17.7 Å². The normalized spacial score (nSPS) is 12.0. The third kappa shape index (κ3) is 5.64. The molecule has 21 heavy (non-hydrogen) atoms. The number of halogens is 2. The summed E-state index contributed by atoms with van der Waals surface area (Å²) in [4.78, 5) is 23.5. The first-order valence-electron chi connectivity index (χ1n) is 6.10. The van der Waals surface area contributed by atoms with Gasteiger partial charge in [-0.15, -0.1) is 0 Å². The van der Waals surface area contributed by atoms with E-state index in [1.165, 1.54) is 24.3 Å². The topological polar surface area (TPSA) is 89.9 Å². The number of benzene rings is 1. The van der Waals surface area contributed by atoms with E-state index in [0.717, 1.165) is 11.9 Å². The molecule has 0 aromatic heterocycles. The Hall–Kier alpha value is -2.38. The average molecular weight is 302 g/mol. The third-order valence-corrected chi connectivity index (χ3v) is 2.73. The van der Waals surface area contributed by atoms with E-state index in [9.17, 15) is 18.4 Å². The van der Waals surface area contributed by atoms with Crippen molar-refractivity contribution in [3.05, 3.63) is 29.8 Å². The first-order valence-corrected chi connectivity index (χ1v) is 6.10. The van der Waals surface area contributed by atoms with Crippen molar-refractivity contribution < 1.29 is 28.6 Å². The van der Waals surface area contributed by atoms with Crippen molar-refractivity contribution in [2.24, 2.45) is 0 Å². The lowest BCUT2D eigenvalue weighted by atomic mass is 10.1. The van der Waals surface area contributed by atoms with Gasteiger partial charge < -0.3 is 20.4 Å². The number of hydrogen-bond acceptors (Lipinski definition) is 3. The lowest BCUT2D eigenvalue weighted by molar-refractivity contribution is -0.139. The van der Waals surface area contributed by atoms with Crippen molar-refractivity contribution in [2.75, 3.05) is 13.6 Å². The number of nitrogens with zero attached hydrogens (tertiary/aromatic N) is 1. The van der Waals surface area contributed by atoms with Crippen LogP contribution in [0.5, 0.6) is 5.75 Å². The zero-order valence-electron chi connectivity index (χ0n) is 11.3. The van der Waals surface area contributed by atoms with Gasteiger partial charge in [-0.3, -0.25) is 0 Å². The fraction of sp³-hybridized carbons (Fsp3) is 0.385. The number of nitrogens with one attached hydrogen (secondary N) is 1. The molecule has 0 fully saturated rings. The molecule has 0 spiro atoms. The van der Waals surface area contributed by atoms with Crippen LogP contribution in [0.25, 0.3) is 0 Å². The van der Waals surface area contributed by atoms with Gasteiger partial charge in [-0.1, -0.05) is 12.1 Å². The van der Waals surface area contributed by atoms with Crippen LogP contribution in [0.15, 0.2) is 24.3 Å². The molecule has 1 rings (SSSR count). The van der Waals surface area contributed by atoms with E-state index in [4.69, 9.17) is 10.2 Å². The van der Waals surface area contributed by atoms with E-state index in [-0.39, 0.29) is 12.2 Å². The van der Waals surface area contributed by atoms with Crippen LogP contribution in [-0.2, 0) is 11.2 Å². The minimum absolute atomic E-state index is 0.0239. The lowest BCUT2D eigenvalue weighted by Crippen LogP contribution is -2.48. The Bertz CT molecular complexity index is 493. The molecule has 0 saturated heterocycles. The predicted molar refractivity (Wildman–Crippen MR) is 70.4 cm³/mol. The van der Waals surface area contributed by atoms with E-state index in [1.807, 2.05) is 0 Å². The summed E-state index contributed by atoms with van der Waals surface area (Å²) in [5.74, 6) is -1.24. The number of carboxylic acid groups (broad SMARTS) is 1. The number of aromatic hydroxyl groups is 1. The van der Waals surface area contributed by atoms with Gasteiger partial charge in [0.1, 0.15) is 11.8 Å². The molecule has 116 valence electrons. The number of phenols is 1. The van der Waals surface area contributed by atoms with Gasteiger partial charge >= 0.3 is 12.0 Å². The minimum Gasteiger partial charge on any atom is -0.508 e. The van der Waals surface area contributed by atoms with Crippen LogP contribution in [0.4, 0.5) is 13.6 Å². The number of amides is 2. The summed E-state index contributed by atoms with van der Waals surface area (Å²) in [5.41, 5.74) is 0.581. The minimum atomic E-state index is -2.69. The maximum atomic E-state index is 12.2. The maximum absolute atomic E-state index is 12.2. The zero-order valence-corrected chi connectivity index (χ0v) is 11.3. The summed E-state index contributed by atoms with van der Waals surface area (Å²) in [6.45, 7) is -0.780. The molecule has 1 unspecified atom stereocenters. The zero-order chi connectivity index (χ0) is 16.0. The molecule has 2 amide bonds. The highest BCUT2D eigenvalue weighted by Crippen LogP contribution is 2.11. The Morgan fingerprint density at radius 1 is 1.29 bits per heavy atom. The molecule has 3 N–H and O–H groups in total. The third-order valence-electron chi connectivity index (χ3n) is 2.73. The van der Waals surface area contributed by atoms with Crippen LogP contribution in [0.1, 0.15) is 5.56 Å². The number of aliphatic carboxylic acids is 1. The number of urea groups is 1. The Morgan fingerprint density at radius 2 is 1.86 bits per heavy atom. The summed E-state index contributed by atoms with van der Waals surface area (Å²) in [6.07, 6.45) is -2.72. The second-order valence-corrected chi connectivity index (χ2v) is 4.48. The summed E-state index contributed by atoms with van der Waals surface area (Å²) >= 11 is 0. The van der Waals surface area contributed by atoms with E-state index in [2.05, 4.69) is 5.32 Å².